The molecule has 2 fully saturated rings. The van der Waals surface area contributed by atoms with Crippen molar-refractivity contribution in [1.82, 2.24) is 0 Å². The normalized spacial score (nSPS) is 18.2. The predicted octanol–water partition coefficient (Wildman–Crippen LogP) is 6.49. The van der Waals surface area contributed by atoms with Gasteiger partial charge in [0, 0.05) is 10.8 Å². The largest absolute Gasteiger partial charge is 0.491 e. The highest BCUT2D eigenvalue weighted by atomic mass is 16.6. The number of rotatable bonds is 23. The summed E-state index contributed by atoms with van der Waals surface area (Å²) in [6.45, 7) is 14.3. The van der Waals surface area contributed by atoms with Crippen LogP contribution in [0.3, 0.4) is 0 Å². The first-order chi connectivity index (χ1) is 26.5. The number of ether oxygens (including phenoxy) is 8. The van der Waals surface area contributed by atoms with Crippen molar-refractivity contribution in [3.8, 4) is 23.0 Å². The lowest BCUT2D eigenvalue weighted by atomic mass is 9.78. The van der Waals surface area contributed by atoms with E-state index in [1.807, 2.05) is 79.7 Å². The van der Waals surface area contributed by atoms with Crippen LogP contribution in [0.15, 0.2) is 97.1 Å². The van der Waals surface area contributed by atoms with Gasteiger partial charge in [-0.05, 0) is 77.7 Å². The molecular weight excluding hydrogens is 700 g/mol. The summed E-state index contributed by atoms with van der Waals surface area (Å²) in [5, 5.41) is 20.9. The lowest BCUT2D eigenvalue weighted by molar-refractivity contribution is -0.0422. The van der Waals surface area contributed by atoms with E-state index in [1.165, 1.54) is 5.56 Å². The fraction of sp³-hybridized carbons (Fsp3) is 0.467. The summed E-state index contributed by atoms with van der Waals surface area (Å²) < 4.78 is 45.0. The van der Waals surface area contributed by atoms with Gasteiger partial charge in [-0.1, -0.05) is 76.2 Å². The van der Waals surface area contributed by atoms with Gasteiger partial charge in [0.05, 0.1) is 39.1 Å². The quantitative estimate of drug-likeness (QED) is 0.0813. The van der Waals surface area contributed by atoms with Gasteiger partial charge in [-0.2, -0.15) is 0 Å². The van der Waals surface area contributed by atoms with E-state index in [0.29, 0.717) is 37.1 Å². The topological polar surface area (TPSA) is 121 Å². The molecule has 0 bridgehead atoms. The summed E-state index contributed by atoms with van der Waals surface area (Å²) in [6, 6.07) is 32.1. The molecule has 5 unspecified atom stereocenters. The molecule has 5 atom stereocenters. The lowest BCUT2D eigenvalue weighted by Gasteiger charge is -2.27. The molecule has 10 nitrogen and oxygen atoms in total. The lowest BCUT2D eigenvalue weighted by Crippen LogP contribution is -2.26. The maximum Gasteiger partial charge on any atom is 0.122 e. The summed E-state index contributed by atoms with van der Waals surface area (Å²) in [4.78, 5) is 0. The molecule has 2 aliphatic rings. The Bertz CT molecular complexity index is 1730. The molecule has 0 saturated carbocycles. The molecule has 0 aromatic heterocycles. The molecule has 4 aromatic carbocycles. The fourth-order valence-corrected chi connectivity index (χ4v) is 6.09. The molecule has 10 heteroatoms. The first kappa shape index (κ1) is 40.5. The highest BCUT2D eigenvalue weighted by Gasteiger charge is 2.26. The van der Waals surface area contributed by atoms with Gasteiger partial charge in [0.25, 0.3) is 0 Å². The van der Waals surface area contributed by atoms with Gasteiger partial charge in [0.15, 0.2) is 0 Å². The summed E-state index contributed by atoms with van der Waals surface area (Å²) in [5.41, 5.74) is 4.08. The standard InChI is InChI=1S/C45H56O10/c1-31(49-27-42-29-54-42)22-48-23-36(46)24-50-38-14-6-32(7-15-38)44(2,3)33-8-16-39(17-9-33)51-25-37(47)26-52-40-18-10-34(11-19-40)45(4,5)35-12-20-41(21-13-35)53-28-43-30-55-43/h6-21,31,36-37,42-43,46-47H,22-30H2,1-5H3. The van der Waals surface area contributed by atoms with Crippen LogP contribution in [-0.2, 0) is 29.8 Å². The number of hydrogen-bond donors (Lipinski definition) is 2. The second-order valence-electron chi connectivity index (χ2n) is 15.5. The van der Waals surface area contributed by atoms with Crippen LogP contribution in [0.25, 0.3) is 0 Å². The number of benzene rings is 4. The van der Waals surface area contributed by atoms with E-state index >= 15 is 0 Å². The molecule has 0 amide bonds. The minimum Gasteiger partial charge on any atom is -0.491 e. The monoisotopic (exact) mass is 756 g/mol. The average Bonchev–Trinajstić information content (AvgIpc) is 4.14. The van der Waals surface area contributed by atoms with E-state index in [0.717, 1.165) is 35.7 Å². The molecule has 6 rings (SSSR count). The Morgan fingerprint density at radius 3 is 1.20 bits per heavy atom. The van der Waals surface area contributed by atoms with Crippen molar-refractivity contribution in [2.24, 2.45) is 0 Å². The van der Waals surface area contributed by atoms with E-state index in [2.05, 4.69) is 52.0 Å². The van der Waals surface area contributed by atoms with E-state index in [4.69, 9.17) is 37.9 Å². The number of epoxide rings is 2. The number of aliphatic hydroxyl groups is 2. The summed E-state index contributed by atoms with van der Waals surface area (Å²) in [7, 11) is 0. The summed E-state index contributed by atoms with van der Waals surface area (Å²) in [5.74, 6) is 2.88. The zero-order valence-electron chi connectivity index (χ0n) is 32.6. The van der Waals surface area contributed by atoms with Crippen LogP contribution >= 0.6 is 0 Å². The molecule has 2 saturated heterocycles. The Kier molecular flexibility index (Phi) is 13.7. The first-order valence-electron chi connectivity index (χ1n) is 19.2. The smallest absolute Gasteiger partial charge is 0.122 e. The summed E-state index contributed by atoms with van der Waals surface area (Å²) in [6.07, 6.45) is -1.16. The summed E-state index contributed by atoms with van der Waals surface area (Å²) >= 11 is 0. The predicted molar refractivity (Wildman–Crippen MR) is 210 cm³/mol. The number of hydrogen-bond acceptors (Lipinski definition) is 10. The molecular formula is C45H56O10. The third-order valence-corrected chi connectivity index (χ3v) is 10.1. The third-order valence-electron chi connectivity index (χ3n) is 10.1. The maximum atomic E-state index is 10.6. The van der Waals surface area contributed by atoms with Gasteiger partial charge in [0.1, 0.15) is 73.8 Å². The minimum atomic E-state index is -0.801. The van der Waals surface area contributed by atoms with Crippen molar-refractivity contribution in [3.63, 3.8) is 0 Å². The molecule has 296 valence electrons. The van der Waals surface area contributed by atoms with Crippen LogP contribution in [0.5, 0.6) is 23.0 Å². The van der Waals surface area contributed by atoms with E-state index in [-0.39, 0.29) is 55.6 Å². The molecule has 2 N–H and O–H groups in total. The zero-order valence-corrected chi connectivity index (χ0v) is 32.6. The molecule has 55 heavy (non-hydrogen) atoms. The second kappa shape index (κ2) is 18.7. The zero-order chi connectivity index (χ0) is 38.8. The Labute approximate surface area is 325 Å². The van der Waals surface area contributed by atoms with Crippen molar-refractivity contribution in [2.75, 3.05) is 59.5 Å². The highest BCUT2D eigenvalue weighted by Crippen LogP contribution is 2.35. The van der Waals surface area contributed by atoms with Crippen molar-refractivity contribution in [1.29, 1.82) is 0 Å². The Balaban J connectivity index is 0.895. The molecule has 2 heterocycles. The Hall–Kier alpha value is -4.16. The molecule has 0 aliphatic carbocycles. The average molecular weight is 757 g/mol. The third kappa shape index (κ3) is 12.2. The van der Waals surface area contributed by atoms with Crippen LogP contribution in [0.2, 0.25) is 0 Å². The van der Waals surface area contributed by atoms with Crippen molar-refractivity contribution in [2.45, 2.75) is 76.0 Å². The van der Waals surface area contributed by atoms with Crippen LogP contribution < -0.4 is 18.9 Å². The van der Waals surface area contributed by atoms with Crippen LogP contribution in [0, 0.1) is 0 Å². The second-order valence-corrected chi connectivity index (χ2v) is 15.5. The van der Waals surface area contributed by atoms with Crippen molar-refractivity contribution in [3.05, 3.63) is 119 Å². The maximum absolute atomic E-state index is 10.6. The van der Waals surface area contributed by atoms with Gasteiger partial charge in [-0.3, -0.25) is 0 Å². The van der Waals surface area contributed by atoms with Crippen molar-refractivity contribution < 1.29 is 48.1 Å². The minimum absolute atomic E-state index is 0.0605. The molecule has 2 aliphatic heterocycles. The van der Waals surface area contributed by atoms with E-state index in [1.54, 1.807) is 0 Å². The molecule has 0 radical (unpaired) electrons. The van der Waals surface area contributed by atoms with Gasteiger partial charge in [0.2, 0.25) is 0 Å². The van der Waals surface area contributed by atoms with Gasteiger partial charge in [-0.25, -0.2) is 0 Å². The Morgan fingerprint density at radius 1 is 0.509 bits per heavy atom. The Morgan fingerprint density at radius 2 is 0.836 bits per heavy atom. The van der Waals surface area contributed by atoms with E-state index < -0.39 is 12.2 Å². The van der Waals surface area contributed by atoms with Gasteiger partial charge < -0.3 is 48.1 Å². The SMILES string of the molecule is CC(COCC(O)COc1ccc(C(C)(C)c2ccc(OCC(O)COc3ccc(C(C)(C)c4ccc(OCC5CO5)cc4)cc3)cc2)cc1)OCC1CO1. The van der Waals surface area contributed by atoms with Crippen LogP contribution in [0.4, 0.5) is 0 Å². The molecule has 0 spiro atoms. The number of aliphatic hydroxyl groups excluding tert-OH is 2. The molecule has 4 aromatic rings. The van der Waals surface area contributed by atoms with Crippen LogP contribution in [-0.4, -0.2) is 100 Å². The first-order valence-corrected chi connectivity index (χ1v) is 19.2. The van der Waals surface area contributed by atoms with Gasteiger partial charge in [-0.15, -0.1) is 0 Å². The highest BCUT2D eigenvalue weighted by molar-refractivity contribution is 5.43. The fourth-order valence-electron chi connectivity index (χ4n) is 6.09. The van der Waals surface area contributed by atoms with Gasteiger partial charge >= 0.3 is 0 Å². The van der Waals surface area contributed by atoms with Crippen molar-refractivity contribution >= 4 is 0 Å². The van der Waals surface area contributed by atoms with Crippen LogP contribution in [0.1, 0.15) is 56.9 Å². The van der Waals surface area contributed by atoms with E-state index in [9.17, 15) is 10.2 Å².